The Balaban J connectivity index is 1.44. The molecule has 0 atom stereocenters. The van der Waals surface area contributed by atoms with Gasteiger partial charge in [-0.1, -0.05) is 56.5 Å². The minimum absolute atomic E-state index is 0.0859. The molecule has 4 aromatic rings. The summed E-state index contributed by atoms with van der Waals surface area (Å²) in [6.07, 6.45) is 3.16. The van der Waals surface area contributed by atoms with Gasteiger partial charge in [0.1, 0.15) is 5.82 Å². The maximum Gasteiger partial charge on any atom is 0.422 e. The summed E-state index contributed by atoms with van der Waals surface area (Å²) in [5.41, 5.74) is 3.39. The zero-order valence-corrected chi connectivity index (χ0v) is 21.6. The molecule has 0 aliphatic rings. The van der Waals surface area contributed by atoms with Crippen LogP contribution in [0, 0.1) is 17.5 Å². The van der Waals surface area contributed by atoms with E-state index in [1.165, 1.54) is 24.8 Å². The van der Waals surface area contributed by atoms with Gasteiger partial charge in [-0.25, -0.2) is 13.2 Å². The first kappa shape index (κ1) is 28.5. The quantitative estimate of drug-likeness (QED) is 0.138. The number of hydrogen-bond acceptors (Lipinski definition) is 2. The lowest BCUT2D eigenvalue weighted by atomic mass is 9.98. The number of benzene rings is 3. The molecule has 1 aromatic heterocycles. The summed E-state index contributed by atoms with van der Waals surface area (Å²) in [6.45, 7) is 0.383. The zero-order valence-electron chi connectivity index (χ0n) is 21.6. The molecule has 39 heavy (non-hydrogen) atoms. The molecule has 4 rings (SSSR count). The van der Waals surface area contributed by atoms with Gasteiger partial charge in [-0.05, 0) is 72.0 Å². The summed E-state index contributed by atoms with van der Waals surface area (Å²) in [6, 6.07) is 14.6. The zero-order chi connectivity index (χ0) is 28.0. The Hall–Kier alpha value is -3.55. The Morgan fingerprint density at radius 3 is 2.21 bits per heavy atom. The van der Waals surface area contributed by atoms with Crippen molar-refractivity contribution in [1.82, 2.24) is 4.98 Å². The van der Waals surface area contributed by atoms with Crippen LogP contribution in [0.4, 0.5) is 26.3 Å². The Bertz CT molecular complexity index is 1390. The minimum Gasteiger partial charge on any atom is -0.478 e. The van der Waals surface area contributed by atoms with Crippen molar-refractivity contribution >= 4 is 10.8 Å². The van der Waals surface area contributed by atoms with Crippen LogP contribution in [0.25, 0.3) is 22.0 Å². The molecule has 8 heteroatoms. The van der Waals surface area contributed by atoms with Crippen molar-refractivity contribution in [2.75, 3.05) is 6.61 Å². The number of aromatic nitrogens is 1. The van der Waals surface area contributed by atoms with E-state index in [0.29, 0.717) is 16.3 Å². The van der Waals surface area contributed by atoms with Crippen molar-refractivity contribution in [2.24, 2.45) is 0 Å². The van der Waals surface area contributed by atoms with Crippen LogP contribution < -0.4 is 4.74 Å². The van der Waals surface area contributed by atoms with Crippen LogP contribution in [0.15, 0.2) is 60.8 Å². The number of aryl methyl sites for hydroxylation is 3. The van der Waals surface area contributed by atoms with E-state index in [1.807, 2.05) is 24.4 Å². The van der Waals surface area contributed by atoms with Crippen molar-refractivity contribution in [3.63, 3.8) is 0 Å². The van der Waals surface area contributed by atoms with Gasteiger partial charge in [0.2, 0.25) is 0 Å². The molecule has 0 unspecified atom stereocenters. The number of pyridine rings is 1. The standard InChI is InChI=1S/C31H29F6NO/c1-2-3-4-5-6-20-8-14-28(38-18-20)24-12-13-25-23(17-24)11-10-22(29(25)34)9-7-21-15-26(32)30(27(33)16-21)39-19-31(35,36)37/h8,10-18H,2-7,9,19H2,1H3. The van der Waals surface area contributed by atoms with Crippen LogP contribution in [0.2, 0.25) is 0 Å². The molecule has 0 saturated heterocycles. The maximum atomic E-state index is 15.3. The van der Waals surface area contributed by atoms with Gasteiger partial charge in [0.25, 0.3) is 0 Å². The SMILES string of the molecule is CCCCCCc1ccc(-c2ccc3c(F)c(CCc4cc(F)c(OCC(F)(F)F)c(F)c4)ccc3c2)nc1. The predicted molar refractivity (Wildman–Crippen MR) is 140 cm³/mol. The van der Waals surface area contributed by atoms with Crippen LogP contribution >= 0.6 is 0 Å². The second-order valence-corrected chi connectivity index (χ2v) is 9.63. The number of alkyl halides is 3. The Morgan fingerprint density at radius 2 is 1.54 bits per heavy atom. The molecule has 0 spiro atoms. The average molecular weight is 546 g/mol. The van der Waals surface area contributed by atoms with Gasteiger partial charge in [-0.2, -0.15) is 13.2 Å². The fraction of sp³-hybridized carbons (Fsp3) is 0.323. The van der Waals surface area contributed by atoms with Crippen LogP contribution in [0.1, 0.15) is 49.3 Å². The van der Waals surface area contributed by atoms with E-state index >= 15 is 4.39 Å². The van der Waals surface area contributed by atoms with Crippen LogP contribution in [0.5, 0.6) is 5.75 Å². The molecular formula is C31H29F6NO. The highest BCUT2D eigenvalue weighted by Gasteiger charge is 2.30. The lowest BCUT2D eigenvalue weighted by Gasteiger charge is -2.12. The number of hydrogen-bond donors (Lipinski definition) is 0. The first-order valence-corrected chi connectivity index (χ1v) is 13.0. The molecule has 3 aromatic carbocycles. The largest absolute Gasteiger partial charge is 0.478 e. The first-order chi connectivity index (χ1) is 18.6. The summed E-state index contributed by atoms with van der Waals surface area (Å²) in [5, 5.41) is 1.11. The van der Waals surface area contributed by atoms with E-state index in [2.05, 4.69) is 22.7 Å². The van der Waals surface area contributed by atoms with Gasteiger partial charge in [0.15, 0.2) is 24.0 Å². The highest BCUT2D eigenvalue weighted by molar-refractivity contribution is 5.88. The van der Waals surface area contributed by atoms with E-state index in [0.717, 1.165) is 36.2 Å². The van der Waals surface area contributed by atoms with E-state index in [4.69, 9.17) is 0 Å². The number of halogens is 6. The fourth-order valence-electron chi connectivity index (χ4n) is 4.52. The smallest absolute Gasteiger partial charge is 0.422 e. The Labute approximate surface area is 223 Å². The molecule has 0 aliphatic carbocycles. The molecule has 0 amide bonds. The van der Waals surface area contributed by atoms with Gasteiger partial charge in [0, 0.05) is 17.1 Å². The number of nitrogens with zero attached hydrogens (tertiary/aromatic N) is 1. The van der Waals surface area contributed by atoms with E-state index in [9.17, 15) is 22.0 Å². The molecule has 0 aliphatic heterocycles. The summed E-state index contributed by atoms with van der Waals surface area (Å²) in [4.78, 5) is 4.58. The van der Waals surface area contributed by atoms with Crippen LogP contribution in [-0.4, -0.2) is 17.8 Å². The number of ether oxygens (including phenoxy) is 1. The van der Waals surface area contributed by atoms with E-state index in [1.54, 1.807) is 18.2 Å². The lowest BCUT2D eigenvalue weighted by Crippen LogP contribution is -2.20. The third-order valence-electron chi connectivity index (χ3n) is 6.59. The average Bonchev–Trinajstić information content (AvgIpc) is 2.90. The highest BCUT2D eigenvalue weighted by atomic mass is 19.4. The lowest BCUT2D eigenvalue weighted by molar-refractivity contribution is -0.154. The van der Waals surface area contributed by atoms with Gasteiger partial charge < -0.3 is 4.74 Å². The molecule has 0 bridgehead atoms. The number of unbranched alkanes of at least 4 members (excludes halogenated alkanes) is 3. The van der Waals surface area contributed by atoms with Crippen molar-refractivity contribution in [3.05, 3.63) is 94.9 Å². The topological polar surface area (TPSA) is 22.1 Å². The van der Waals surface area contributed by atoms with Crippen molar-refractivity contribution in [3.8, 4) is 17.0 Å². The fourth-order valence-corrected chi connectivity index (χ4v) is 4.52. The number of rotatable bonds is 11. The van der Waals surface area contributed by atoms with E-state index in [-0.39, 0.29) is 18.4 Å². The maximum absolute atomic E-state index is 15.3. The summed E-state index contributed by atoms with van der Waals surface area (Å²) in [5.74, 6) is -3.99. The second kappa shape index (κ2) is 12.5. The van der Waals surface area contributed by atoms with Crippen molar-refractivity contribution in [1.29, 1.82) is 0 Å². The summed E-state index contributed by atoms with van der Waals surface area (Å²) in [7, 11) is 0. The van der Waals surface area contributed by atoms with Crippen molar-refractivity contribution < 1.29 is 31.1 Å². The monoisotopic (exact) mass is 545 g/mol. The molecule has 0 saturated carbocycles. The Morgan fingerprint density at radius 1 is 0.769 bits per heavy atom. The van der Waals surface area contributed by atoms with Crippen LogP contribution in [-0.2, 0) is 19.3 Å². The van der Waals surface area contributed by atoms with Gasteiger partial charge in [0.05, 0.1) is 5.69 Å². The molecule has 0 N–H and O–H groups in total. The van der Waals surface area contributed by atoms with Crippen molar-refractivity contribution in [2.45, 2.75) is 58.0 Å². The predicted octanol–water partition coefficient (Wildman–Crippen LogP) is 9.17. The normalized spacial score (nSPS) is 11.8. The minimum atomic E-state index is -4.72. The van der Waals surface area contributed by atoms with Gasteiger partial charge in [-0.15, -0.1) is 0 Å². The number of fused-ring (bicyclic) bond motifs is 1. The van der Waals surface area contributed by atoms with E-state index < -0.39 is 36.0 Å². The van der Waals surface area contributed by atoms with Crippen LogP contribution in [0.3, 0.4) is 0 Å². The highest BCUT2D eigenvalue weighted by Crippen LogP contribution is 2.29. The Kier molecular flexibility index (Phi) is 9.15. The summed E-state index contributed by atoms with van der Waals surface area (Å²) >= 11 is 0. The molecule has 0 fully saturated rings. The molecular weight excluding hydrogens is 516 g/mol. The molecule has 206 valence electrons. The molecule has 0 radical (unpaired) electrons. The third kappa shape index (κ3) is 7.52. The first-order valence-electron chi connectivity index (χ1n) is 13.0. The molecule has 2 nitrogen and oxygen atoms in total. The second-order valence-electron chi connectivity index (χ2n) is 9.63. The third-order valence-corrected chi connectivity index (χ3v) is 6.59. The molecule has 1 heterocycles. The van der Waals surface area contributed by atoms with Gasteiger partial charge >= 0.3 is 6.18 Å². The van der Waals surface area contributed by atoms with Gasteiger partial charge in [-0.3, -0.25) is 4.98 Å². The summed E-state index contributed by atoms with van der Waals surface area (Å²) < 4.78 is 84.8.